The summed E-state index contributed by atoms with van der Waals surface area (Å²) in [5.74, 6) is 0.967. The zero-order valence-electron chi connectivity index (χ0n) is 11.7. The lowest BCUT2D eigenvalue weighted by Gasteiger charge is -2.22. The largest absolute Gasteiger partial charge is 0.454 e. The van der Waals surface area contributed by atoms with E-state index in [1.54, 1.807) is 0 Å². The minimum Gasteiger partial charge on any atom is -0.454 e. The van der Waals surface area contributed by atoms with Crippen LogP contribution in [-0.4, -0.2) is 22.2 Å². The van der Waals surface area contributed by atoms with Crippen molar-refractivity contribution in [3.63, 3.8) is 0 Å². The molecular formula is C16H15O5P. The van der Waals surface area contributed by atoms with Crippen LogP contribution in [-0.2, 0) is 11.0 Å². The van der Waals surface area contributed by atoms with Crippen molar-refractivity contribution in [1.82, 2.24) is 0 Å². The number of fused-ring (bicyclic) bond motifs is 2. The Morgan fingerprint density at radius 2 is 1.73 bits per heavy atom. The summed E-state index contributed by atoms with van der Waals surface area (Å²) >= 11 is 0. The zero-order valence-corrected chi connectivity index (χ0v) is 12.6. The molecule has 2 aromatic carbocycles. The second kappa shape index (κ2) is 4.85. The molecule has 0 aromatic heterocycles. The van der Waals surface area contributed by atoms with Gasteiger partial charge in [-0.2, -0.15) is 0 Å². The average Bonchev–Trinajstić information content (AvgIpc) is 3.08. The van der Waals surface area contributed by atoms with Gasteiger partial charge in [0.05, 0.1) is 5.66 Å². The molecule has 1 aliphatic carbocycles. The van der Waals surface area contributed by atoms with E-state index in [1.807, 2.05) is 42.5 Å². The molecule has 0 bridgehead atoms. The van der Waals surface area contributed by atoms with Crippen LogP contribution in [0.3, 0.4) is 0 Å². The predicted octanol–water partition coefficient (Wildman–Crippen LogP) is 2.65. The Hall–Kier alpha value is -1.81. The molecule has 1 heterocycles. The summed E-state index contributed by atoms with van der Waals surface area (Å²) in [6.45, 7) is 0.191. The molecule has 0 saturated carbocycles. The lowest BCUT2D eigenvalue weighted by molar-refractivity contribution is 0.174. The minimum absolute atomic E-state index is 0.191. The van der Waals surface area contributed by atoms with Gasteiger partial charge in [-0.3, -0.25) is 4.57 Å². The number of rotatable bonds is 2. The van der Waals surface area contributed by atoms with Gasteiger partial charge in [-0.25, -0.2) is 0 Å². The second-order valence-electron chi connectivity index (χ2n) is 5.65. The van der Waals surface area contributed by atoms with Crippen LogP contribution in [0.5, 0.6) is 11.5 Å². The van der Waals surface area contributed by atoms with Gasteiger partial charge in [0.1, 0.15) is 0 Å². The summed E-state index contributed by atoms with van der Waals surface area (Å²) in [7, 11) is -4.22. The van der Waals surface area contributed by atoms with Gasteiger partial charge in [0.25, 0.3) is 0 Å². The van der Waals surface area contributed by atoms with Crippen molar-refractivity contribution in [3.8, 4) is 11.5 Å². The topological polar surface area (TPSA) is 76.0 Å². The molecule has 2 atom stereocenters. The number of benzene rings is 2. The van der Waals surface area contributed by atoms with Crippen LogP contribution in [0.25, 0.3) is 0 Å². The maximum Gasteiger partial charge on any atom is 0.329 e. The van der Waals surface area contributed by atoms with E-state index >= 15 is 0 Å². The molecule has 0 saturated heterocycles. The van der Waals surface area contributed by atoms with Crippen LogP contribution in [0, 0.1) is 0 Å². The smallest absolute Gasteiger partial charge is 0.329 e. The Balaban J connectivity index is 1.88. The van der Waals surface area contributed by atoms with Crippen molar-refractivity contribution in [3.05, 3.63) is 59.2 Å². The van der Waals surface area contributed by atoms with Gasteiger partial charge in [0.15, 0.2) is 11.5 Å². The SMILES string of the molecule is O=P(O)(O)C1Cc2cc3c(cc2C1c1ccccc1)OCO3. The summed E-state index contributed by atoms with van der Waals surface area (Å²) in [6, 6.07) is 13.2. The number of hydrogen-bond donors (Lipinski definition) is 2. The standard InChI is InChI=1S/C16H15O5P/c17-22(18,19)15-7-11-6-13-14(21-9-20-13)8-12(11)16(15)10-4-2-1-3-5-10/h1-6,8,15-16H,7,9H2,(H2,17,18,19). The molecule has 0 spiro atoms. The molecule has 0 fully saturated rings. The van der Waals surface area contributed by atoms with Gasteiger partial charge in [0, 0.05) is 5.92 Å². The van der Waals surface area contributed by atoms with Crippen LogP contribution >= 0.6 is 7.60 Å². The molecular weight excluding hydrogens is 303 g/mol. The molecule has 1 aliphatic heterocycles. The second-order valence-corrected chi connectivity index (χ2v) is 7.49. The highest BCUT2D eigenvalue weighted by atomic mass is 31.2. The van der Waals surface area contributed by atoms with Crippen molar-refractivity contribution >= 4 is 7.60 Å². The molecule has 2 N–H and O–H groups in total. The van der Waals surface area contributed by atoms with Crippen molar-refractivity contribution in [2.45, 2.75) is 18.0 Å². The summed E-state index contributed by atoms with van der Waals surface area (Å²) < 4.78 is 22.8. The van der Waals surface area contributed by atoms with Gasteiger partial charge < -0.3 is 19.3 Å². The molecule has 0 radical (unpaired) electrons. The van der Waals surface area contributed by atoms with Crippen LogP contribution in [0.4, 0.5) is 0 Å². The van der Waals surface area contributed by atoms with Gasteiger partial charge in [0.2, 0.25) is 6.79 Å². The number of ether oxygens (including phenoxy) is 2. The number of hydrogen-bond acceptors (Lipinski definition) is 3. The highest BCUT2D eigenvalue weighted by Crippen LogP contribution is 2.57. The molecule has 6 heteroatoms. The lowest BCUT2D eigenvalue weighted by atomic mass is 9.92. The van der Waals surface area contributed by atoms with Crippen molar-refractivity contribution in [2.75, 3.05) is 6.79 Å². The Labute approximate surface area is 127 Å². The highest BCUT2D eigenvalue weighted by molar-refractivity contribution is 7.52. The molecule has 22 heavy (non-hydrogen) atoms. The predicted molar refractivity (Wildman–Crippen MR) is 80.4 cm³/mol. The normalized spacial score (nSPS) is 22.6. The molecule has 5 nitrogen and oxygen atoms in total. The third-order valence-electron chi connectivity index (χ3n) is 4.37. The van der Waals surface area contributed by atoms with Crippen LogP contribution in [0.1, 0.15) is 22.6 Å². The summed E-state index contributed by atoms with van der Waals surface area (Å²) in [5.41, 5.74) is 2.01. The van der Waals surface area contributed by atoms with E-state index in [2.05, 4.69) is 0 Å². The Morgan fingerprint density at radius 3 is 2.41 bits per heavy atom. The van der Waals surface area contributed by atoms with Crippen molar-refractivity contribution in [2.24, 2.45) is 0 Å². The van der Waals surface area contributed by atoms with Gasteiger partial charge >= 0.3 is 7.60 Å². The summed E-state index contributed by atoms with van der Waals surface area (Å²) in [4.78, 5) is 19.6. The maximum atomic E-state index is 12.0. The quantitative estimate of drug-likeness (QED) is 0.833. The van der Waals surface area contributed by atoms with Crippen molar-refractivity contribution in [1.29, 1.82) is 0 Å². The molecule has 114 valence electrons. The van der Waals surface area contributed by atoms with Crippen molar-refractivity contribution < 1.29 is 23.8 Å². The molecule has 2 aromatic rings. The molecule has 0 amide bonds. The van der Waals surface area contributed by atoms with Gasteiger partial charge in [-0.05, 0) is 35.2 Å². The van der Waals surface area contributed by atoms with Gasteiger partial charge in [-0.15, -0.1) is 0 Å². The van der Waals surface area contributed by atoms with Gasteiger partial charge in [-0.1, -0.05) is 30.3 Å². The van der Waals surface area contributed by atoms with E-state index in [0.29, 0.717) is 17.9 Å². The van der Waals surface area contributed by atoms with Crippen LogP contribution in [0.2, 0.25) is 0 Å². The van der Waals surface area contributed by atoms with E-state index in [0.717, 1.165) is 16.7 Å². The first-order valence-electron chi connectivity index (χ1n) is 7.06. The first kappa shape index (κ1) is 13.8. The Morgan fingerprint density at radius 1 is 1.05 bits per heavy atom. The summed E-state index contributed by atoms with van der Waals surface area (Å²) in [5, 5.41) is 0. The Bertz CT molecular complexity index is 768. The fraction of sp³-hybridized carbons (Fsp3) is 0.250. The van der Waals surface area contributed by atoms with E-state index in [1.165, 1.54) is 0 Å². The molecule has 4 rings (SSSR count). The zero-order chi connectivity index (χ0) is 15.3. The van der Waals surface area contributed by atoms with E-state index in [9.17, 15) is 14.4 Å². The highest BCUT2D eigenvalue weighted by Gasteiger charge is 2.44. The first-order valence-corrected chi connectivity index (χ1v) is 8.75. The molecule has 2 aliphatic rings. The fourth-order valence-electron chi connectivity index (χ4n) is 3.39. The first-order chi connectivity index (χ1) is 10.5. The van der Waals surface area contributed by atoms with Crippen LogP contribution in [0.15, 0.2) is 42.5 Å². The third kappa shape index (κ3) is 2.13. The van der Waals surface area contributed by atoms with E-state index in [4.69, 9.17) is 9.47 Å². The van der Waals surface area contributed by atoms with Crippen LogP contribution < -0.4 is 9.47 Å². The van der Waals surface area contributed by atoms with E-state index < -0.39 is 13.3 Å². The van der Waals surface area contributed by atoms with E-state index in [-0.39, 0.29) is 12.7 Å². The lowest BCUT2D eigenvalue weighted by Crippen LogP contribution is -2.16. The average molecular weight is 318 g/mol. The summed E-state index contributed by atoms with van der Waals surface area (Å²) in [6.07, 6.45) is 0.343. The Kier molecular flexibility index (Phi) is 3.05. The maximum absolute atomic E-state index is 12.0. The minimum atomic E-state index is -4.22. The monoisotopic (exact) mass is 318 g/mol. The molecule has 2 unspecified atom stereocenters. The fourth-order valence-corrected chi connectivity index (χ4v) is 4.55. The third-order valence-corrected chi connectivity index (χ3v) is 5.72.